The van der Waals surface area contributed by atoms with Gasteiger partial charge in [-0.05, 0) is 67.6 Å². The average molecular weight is 377 g/mol. The highest BCUT2D eigenvalue weighted by atomic mass is 79.9. The molecule has 1 heterocycles. The Morgan fingerprint density at radius 2 is 2.19 bits per heavy atom. The van der Waals surface area contributed by atoms with Crippen molar-refractivity contribution in [2.45, 2.75) is 51.7 Å². The van der Waals surface area contributed by atoms with Crippen molar-refractivity contribution in [1.82, 2.24) is 4.98 Å². The van der Waals surface area contributed by atoms with E-state index in [-0.39, 0.29) is 24.1 Å². The lowest BCUT2D eigenvalue weighted by Gasteiger charge is -2.29. The fourth-order valence-electron chi connectivity index (χ4n) is 2.46. The number of aromatic nitrogens is 1. The minimum atomic E-state index is -0.127. The molecule has 0 aromatic carbocycles. The van der Waals surface area contributed by atoms with Gasteiger partial charge < -0.3 is 9.47 Å². The molecule has 2 atom stereocenters. The number of halogens is 2. The zero-order valence-electron chi connectivity index (χ0n) is 12.1. The van der Waals surface area contributed by atoms with Crippen LogP contribution < -0.4 is 4.74 Å². The van der Waals surface area contributed by atoms with Crippen molar-refractivity contribution in [2.75, 3.05) is 0 Å². The van der Waals surface area contributed by atoms with Gasteiger partial charge in [0, 0.05) is 0 Å². The summed E-state index contributed by atoms with van der Waals surface area (Å²) in [5.74, 6) is 0.342. The molecule has 4 nitrogen and oxygen atoms in total. The second-order valence-electron chi connectivity index (χ2n) is 5.51. The van der Waals surface area contributed by atoms with Crippen LogP contribution in [0.25, 0.3) is 0 Å². The maximum Gasteiger partial charge on any atom is 0.309 e. The monoisotopic (exact) mass is 375 g/mol. The smallest absolute Gasteiger partial charge is 0.309 e. The number of carbonyl (C=O) groups excluding carboxylic acids is 1. The van der Waals surface area contributed by atoms with E-state index in [1.54, 1.807) is 12.1 Å². The molecular weight excluding hydrogens is 358 g/mol. The maximum absolute atomic E-state index is 12.0. The van der Waals surface area contributed by atoms with Crippen LogP contribution in [0.3, 0.4) is 0 Å². The number of carbonyl (C=O) groups is 1. The van der Waals surface area contributed by atoms with E-state index in [0.29, 0.717) is 21.9 Å². The third-order valence-electron chi connectivity index (χ3n) is 3.39. The van der Waals surface area contributed by atoms with Crippen LogP contribution in [0.15, 0.2) is 16.7 Å². The summed E-state index contributed by atoms with van der Waals surface area (Å²) >= 11 is 9.32. The van der Waals surface area contributed by atoms with Gasteiger partial charge in [-0.3, -0.25) is 4.79 Å². The average Bonchev–Trinajstić information content (AvgIpc) is 2.41. The minimum absolute atomic E-state index is 0.0241. The second-order valence-corrected chi connectivity index (χ2v) is 6.68. The molecule has 0 bridgehead atoms. The summed E-state index contributed by atoms with van der Waals surface area (Å²) in [4.78, 5) is 16.1. The van der Waals surface area contributed by atoms with E-state index in [1.807, 2.05) is 13.8 Å². The summed E-state index contributed by atoms with van der Waals surface area (Å²) in [7, 11) is 0. The van der Waals surface area contributed by atoms with Crippen molar-refractivity contribution in [1.29, 1.82) is 0 Å². The van der Waals surface area contributed by atoms with Crippen LogP contribution in [0, 0.1) is 5.92 Å². The van der Waals surface area contributed by atoms with E-state index in [2.05, 4.69) is 20.9 Å². The Kier molecular flexibility index (Phi) is 5.88. The number of hydrogen-bond donors (Lipinski definition) is 0. The molecule has 0 N–H and O–H groups in total. The highest BCUT2D eigenvalue weighted by molar-refractivity contribution is 9.10. The number of nitrogens with zero attached hydrogens (tertiary/aromatic N) is 1. The van der Waals surface area contributed by atoms with Crippen molar-refractivity contribution < 1.29 is 14.3 Å². The van der Waals surface area contributed by atoms with Crippen LogP contribution in [-0.4, -0.2) is 23.2 Å². The lowest BCUT2D eigenvalue weighted by Crippen LogP contribution is -2.31. The molecule has 21 heavy (non-hydrogen) atoms. The molecule has 116 valence electrons. The van der Waals surface area contributed by atoms with Crippen molar-refractivity contribution >= 4 is 33.5 Å². The summed E-state index contributed by atoms with van der Waals surface area (Å²) in [6.45, 7) is 3.73. The predicted octanol–water partition coefficient (Wildman–Crippen LogP) is 4.39. The SMILES string of the molecule is CC(C)OC(=O)[C@H]1CCC[C@H](Oc2ccc(Br)nc2Cl)C1. The Balaban J connectivity index is 1.96. The van der Waals surface area contributed by atoms with Crippen LogP contribution in [0.1, 0.15) is 39.5 Å². The van der Waals surface area contributed by atoms with Crippen molar-refractivity contribution in [3.05, 3.63) is 21.9 Å². The first-order valence-electron chi connectivity index (χ1n) is 7.15. The van der Waals surface area contributed by atoms with Gasteiger partial charge in [-0.2, -0.15) is 0 Å². The van der Waals surface area contributed by atoms with Crippen molar-refractivity contribution in [2.24, 2.45) is 5.92 Å². The summed E-state index contributed by atoms with van der Waals surface area (Å²) in [6.07, 6.45) is 3.28. The first kappa shape index (κ1) is 16.6. The molecule has 1 aromatic heterocycles. The molecule has 1 aliphatic carbocycles. The van der Waals surface area contributed by atoms with Crippen LogP contribution in [-0.2, 0) is 9.53 Å². The Morgan fingerprint density at radius 3 is 2.86 bits per heavy atom. The Hall–Kier alpha value is -0.810. The van der Waals surface area contributed by atoms with E-state index in [4.69, 9.17) is 21.1 Å². The van der Waals surface area contributed by atoms with E-state index < -0.39 is 0 Å². The molecule has 0 saturated heterocycles. The van der Waals surface area contributed by atoms with Gasteiger partial charge in [0.05, 0.1) is 18.1 Å². The molecule has 0 aliphatic heterocycles. The van der Waals surface area contributed by atoms with Crippen LogP contribution in [0.4, 0.5) is 0 Å². The molecule has 1 aromatic rings. The fourth-order valence-corrected chi connectivity index (χ4v) is 3.07. The summed E-state index contributed by atoms with van der Waals surface area (Å²) in [6, 6.07) is 3.57. The number of pyridine rings is 1. The molecule has 0 radical (unpaired) electrons. The third kappa shape index (κ3) is 4.85. The summed E-state index contributed by atoms with van der Waals surface area (Å²) < 4.78 is 11.9. The molecule has 0 unspecified atom stereocenters. The molecular formula is C15H19BrClNO3. The van der Waals surface area contributed by atoms with Gasteiger partial charge in [-0.25, -0.2) is 4.98 Å². The number of ether oxygens (including phenoxy) is 2. The standard InChI is InChI=1S/C15H19BrClNO3/c1-9(2)20-15(19)10-4-3-5-11(8-10)21-12-6-7-13(16)18-14(12)17/h6-7,9-11H,3-5,8H2,1-2H3/t10-,11-/m0/s1. The Bertz CT molecular complexity index is 510. The first-order chi connectivity index (χ1) is 9.95. The van der Waals surface area contributed by atoms with Crippen molar-refractivity contribution in [3.8, 4) is 5.75 Å². The first-order valence-corrected chi connectivity index (χ1v) is 8.32. The van der Waals surface area contributed by atoms with Crippen LogP contribution in [0.2, 0.25) is 5.15 Å². The normalized spacial score (nSPS) is 22.1. The molecule has 1 fully saturated rings. The van der Waals surface area contributed by atoms with Gasteiger partial charge >= 0.3 is 5.97 Å². The predicted molar refractivity (Wildman–Crippen MR) is 84.5 cm³/mol. The molecule has 0 amide bonds. The minimum Gasteiger partial charge on any atom is -0.487 e. The van der Waals surface area contributed by atoms with Crippen LogP contribution in [0.5, 0.6) is 5.75 Å². The van der Waals surface area contributed by atoms with Gasteiger partial charge in [-0.15, -0.1) is 0 Å². The van der Waals surface area contributed by atoms with Gasteiger partial charge in [0.25, 0.3) is 0 Å². The van der Waals surface area contributed by atoms with E-state index in [1.165, 1.54) is 0 Å². The third-order valence-corrected chi connectivity index (χ3v) is 4.10. The van der Waals surface area contributed by atoms with Gasteiger partial charge in [0.15, 0.2) is 10.9 Å². The maximum atomic E-state index is 12.0. The highest BCUT2D eigenvalue weighted by Crippen LogP contribution is 2.32. The summed E-state index contributed by atoms with van der Waals surface area (Å²) in [5, 5.41) is 0.330. The lowest BCUT2D eigenvalue weighted by atomic mass is 9.87. The van der Waals surface area contributed by atoms with Crippen LogP contribution >= 0.6 is 27.5 Å². The number of esters is 1. The van der Waals surface area contributed by atoms with Crippen molar-refractivity contribution in [3.63, 3.8) is 0 Å². The lowest BCUT2D eigenvalue weighted by molar-refractivity contribution is -0.154. The van der Waals surface area contributed by atoms with Gasteiger partial charge in [-0.1, -0.05) is 11.6 Å². The topological polar surface area (TPSA) is 48.4 Å². The zero-order valence-corrected chi connectivity index (χ0v) is 14.5. The number of hydrogen-bond acceptors (Lipinski definition) is 4. The van der Waals surface area contributed by atoms with E-state index in [0.717, 1.165) is 19.3 Å². The summed E-state index contributed by atoms with van der Waals surface area (Å²) in [5.41, 5.74) is 0. The van der Waals surface area contributed by atoms with Gasteiger partial charge in [0.1, 0.15) is 4.60 Å². The molecule has 6 heteroatoms. The zero-order chi connectivity index (χ0) is 15.4. The highest BCUT2D eigenvalue weighted by Gasteiger charge is 2.30. The fraction of sp³-hybridized carbons (Fsp3) is 0.600. The molecule has 1 saturated carbocycles. The molecule has 0 spiro atoms. The quantitative estimate of drug-likeness (QED) is 0.578. The van der Waals surface area contributed by atoms with Gasteiger partial charge in [0.2, 0.25) is 0 Å². The number of rotatable bonds is 4. The largest absolute Gasteiger partial charge is 0.487 e. The Morgan fingerprint density at radius 1 is 1.43 bits per heavy atom. The molecule has 1 aliphatic rings. The van der Waals surface area contributed by atoms with E-state index >= 15 is 0 Å². The van der Waals surface area contributed by atoms with E-state index in [9.17, 15) is 4.79 Å². The molecule has 2 rings (SSSR count). The Labute approximate surface area is 138 Å². The second kappa shape index (κ2) is 7.45.